The fraction of sp³-hybridized carbons (Fsp3) is 0.167. The van der Waals surface area contributed by atoms with E-state index in [4.69, 9.17) is 18.9 Å². The summed E-state index contributed by atoms with van der Waals surface area (Å²) in [7, 11) is 0. The lowest BCUT2D eigenvalue weighted by Gasteiger charge is -2.25. The average molecular weight is 560 g/mol. The maximum Gasteiger partial charge on any atom is 0.338 e. The first-order valence-electron chi connectivity index (χ1n) is 12.6. The van der Waals surface area contributed by atoms with Crippen LogP contribution in [0.3, 0.4) is 0 Å². The lowest BCUT2D eigenvalue weighted by molar-refractivity contribution is -0.0640. The van der Waals surface area contributed by atoms with Crippen LogP contribution in [0, 0.1) is 0 Å². The number of nitrogens with one attached hydrogen (secondary N) is 1. The van der Waals surface area contributed by atoms with Crippen molar-refractivity contribution in [2.75, 3.05) is 6.61 Å². The Bertz CT molecular complexity index is 1640. The third kappa shape index (κ3) is 6.31. The van der Waals surface area contributed by atoms with Gasteiger partial charge < -0.3 is 18.9 Å². The average Bonchev–Trinajstić information content (AvgIpc) is 3.33. The smallest absolute Gasteiger partial charge is 0.338 e. The van der Waals surface area contributed by atoms with E-state index in [-0.39, 0.29) is 16.7 Å². The fourth-order valence-corrected chi connectivity index (χ4v) is 4.31. The maximum atomic E-state index is 13.1. The van der Waals surface area contributed by atoms with E-state index in [1.54, 1.807) is 66.7 Å². The summed E-state index contributed by atoms with van der Waals surface area (Å²) in [6.07, 6.45) is -4.03. The quantitative estimate of drug-likeness (QED) is 0.255. The Morgan fingerprint density at radius 3 is 1.68 bits per heavy atom. The van der Waals surface area contributed by atoms with Gasteiger partial charge in [-0.15, -0.1) is 0 Å². The van der Waals surface area contributed by atoms with Crippen LogP contribution >= 0.6 is 0 Å². The monoisotopic (exact) mass is 559 g/mol. The van der Waals surface area contributed by atoms with Crippen molar-refractivity contribution in [2.24, 2.45) is 0 Å². The largest absolute Gasteiger partial charge is 0.459 e. The number of H-pyrrole nitrogens is 1. The Morgan fingerprint density at radius 1 is 0.683 bits per heavy atom. The third-order valence-electron chi connectivity index (χ3n) is 6.30. The highest BCUT2D eigenvalue weighted by Crippen LogP contribution is 2.34. The molecule has 4 aromatic rings. The zero-order valence-corrected chi connectivity index (χ0v) is 21.5. The molecule has 11 nitrogen and oxygen atoms in total. The van der Waals surface area contributed by atoms with E-state index in [1.807, 2.05) is 0 Å². The van der Waals surface area contributed by atoms with Gasteiger partial charge in [-0.3, -0.25) is 14.3 Å². The highest BCUT2D eigenvalue weighted by molar-refractivity contribution is 5.91. The molecule has 1 aliphatic heterocycles. The summed E-state index contributed by atoms with van der Waals surface area (Å²) in [5.74, 6) is -2.19. The van der Waals surface area contributed by atoms with Gasteiger partial charge in [-0.2, -0.15) is 0 Å². The molecule has 4 atom stereocenters. The molecule has 11 heteroatoms. The van der Waals surface area contributed by atoms with Crippen molar-refractivity contribution in [1.29, 1.82) is 0 Å². The number of aromatic nitrogens is 2. The first-order chi connectivity index (χ1) is 19.9. The Morgan fingerprint density at radius 2 is 1.17 bits per heavy atom. The summed E-state index contributed by atoms with van der Waals surface area (Å²) in [5.41, 5.74) is -0.804. The second kappa shape index (κ2) is 12.3. The number of hydrogen-bond acceptors (Lipinski definition) is 9. The van der Waals surface area contributed by atoms with Gasteiger partial charge in [-0.25, -0.2) is 19.2 Å². The van der Waals surface area contributed by atoms with Crippen LogP contribution in [0.1, 0.15) is 37.3 Å². The zero-order chi connectivity index (χ0) is 28.8. The molecule has 1 aliphatic rings. The molecule has 1 fully saturated rings. The maximum absolute atomic E-state index is 13.1. The fourth-order valence-electron chi connectivity index (χ4n) is 4.31. The van der Waals surface area contributed by atoms with Crippen LogP contribution < -0.4 is 11.2 Å². The molecule has 41 heavy (non-hydrogen) atoms. The summed E-state index contributed by atoms with van der Waals surface area (Å²) >= 11 is 0. The van der Waals surface area contributed by atoms with Crippen molar-refractivity contribution in [3.63, 3.8) is 0 Å². The lowest BCUT2D eigenvalue weighted by Crippen LogP contribution is -2.43. The molecule has 0 bridgehead atoms. The number of rotatable bonds is 8. The van der Waals surface area contributed by atoms with Gasteiger partial charge in [0.15, 0.2) is 18.4 Å². The van der Waals surface area contributed by atoms with Gasteiger partial charge in [0, 0.05) is 12.3 Å². The first-order valence-corrected chi connectivity index (χ1v) is 12.6. The summed E-state index contributed by atoms with van der Waals surface area (Å²) in [6.45, 7) is -0.408. The molecule has 2 unspecified atom stereocenters. The second-order valence-corrected chi connectivity index (χ2v) is 9.02. The van der Waals surface area contributed by atoms with Crippen LogP contribution in [0.2, 0.25) is 0 Å². The van der Waals surface area contributed by atoms with Crippen LogP contribution in [0.4, 0.5) is 0 Å². The number of aromatic amines is 1. The molecule has 0 spiro atoms. The molecule has 0 radical (unpaired) electrons. The van der Waals surface area contributed by atoms with Crippen molar-refractivity contribution < 1.29 is 33.3 Å². The summed E-state index contributed by atoms with van der Waals surface area (Å²) in [4.78, 5) is 65.5. The highest BCUT2D eigenvalue weighted by Gasteiger charge is 2.51. The van der Waals surface area contributed by atoms with Crippen molar-refractivity contribution >= 4 is 17.9 Å². The molecule has 0 aliphatic carbocycles. The number of nitrogens with zero attached hydrogens (tertiary/aromatic N) is 1. The van der Waals surface area contributed by atoms with Gasteiger partial charge in [-0.1, -0.05) is 54.6 Å². The summed E-state index contributed by atoms with van der Waals surface area (Å²) in [6, 6.07) is 25.5. The highest BCUT2D eigenvalue weighted by atomic mass is 16.7. The molecule has 2 heterocycles. The molecular weight excluding hydrogens is 535 g/mol. The topological polar surface area (TPSA) is 143 Å². The third-order valence-corrected chi connectivity index (χ3v) is 6.30. The summed E-state index contributed by atoms with van der Waals surface area (Å²) in [5, 5.41) is 0. The Hall–Kier alpha value is -5.29. The first kappa shape index (κ1) is 27.3. The minimum Gasteiger partial charge on any atom is -0.459 e. The molecule has 1 N–H and O–H groups in total. The van der Waals surface area contributed by atoms with Crippen LogP contribution in [0.15, 0.2) is 113 Å². The predicted molar refractivity (Wildman–Crippen MR) is 143 cm³/mol. The molecule has 1 aromatic heterocycles. The number of ether oxygens (including phenoxy) is 4. The Labute approximate surface area is 232 Å². The normalized spacial score (nSPS) is 19.7. The molecule has 5 rings (SSSR count). The van der Waals surface area contributed by atoms with Crippen molar-refractivity contribution in [1.82, 2.24) is 9.55 Å². The van der Waals surface area contributed by atoms with E-state index in [9.17, 15) is 24.0 Å². The minimum atomic E-state index is -1.38. The van der Waals surface area contributed by atoms with E-state index >= 15 is 0 Å². The van der Waals surface area contributed by atoms with Gasteiger partial charge >= 0.3 is 23.6 Å². The van der Waals surface area contributed by atoms with E-state index in [0.717, 1.165) is 10.6 Å². The van der Waals surface area contributed by atoms with Crippen molar-refractivity contribution in [3.8, 4) is 0 Å². The number of hydrogen-bond donors (Lipinski definition) is 1. The lowest BCUT2D eigenvalue weighted by atomic mass is 10.1. The second-order valence-electron chi connectivity index (χ2n) is 9.02. The molecule has 208 valence electrons. The van der Waals surface area contributed by atoms with Crippen LogP contribution in [-0.2, 0) is 18.9 Å². The van der Waals surface area contributed by atoms with Crippen LogP contribution in [0.5, 0.6) is 0 Å². The van der Waals surface area contributed by atoms with Gasteiger partial charge in [0.25, 0.3) is 5.56 Å². The molecule has 1 saturated heterocycles. The number of carbonyl (C=O) groups excluding carboxylic acids is 3. The Balaban J connectivity index is 1.50. The standard InChI is InChI=1S/C30H24N2O9/c33-23-16-17-32(30(37)31-23)26-25(41-29(36)21-14-8-3-9-15-21)24(40-28(35)20-12-6-2-7-13-20)22(39-26)18-38-27(34)19-10-4-1-5-11-19/h1-17,22,24-26H,18H2,(H,31,33,37)/t22-,24?,25-,26?/m1/s1/i30+1,31+1,32+1. The Kier molecular flexibility index (Phi) is 8.16. The minimum absolute atomic E-state index is 0.201. The molecule has 0 amide bonds. The van der Waals surface area contributed by atoms with Gasteiger partial charge in [0.05, 0.1) is 16.7 Å². The number of carbonyl (C=O) groups is 3. The van der Waals surface area contributed by atoms with Crippen molar-refractivity contribution in [2.45, 2.75) is 24.5 Å². The number of esters is 3. The molecule has 3 aromatic carbocycles. The molecular formula is C30H24N2O9. The van der Waals surface area contributed by atoms with E-state index in [2.05, 4.69) is 4.98 Å². The van der Waals surface area contributed by atoms with E-state index in [1.165, 1.54) is 30.5 Å². The van der Waals surface area contributed by atoms with Crippen LogP contribution in [0.25, 0.3) is 0 Å². The van der Waals surface area contributed by atoms with Crippen molar-refractivity contribution in [3.05, 3.63) is 141 Å². The summed E-state index contributed by atoms with van der Waals surface area (Å²) < 4.78 is 24.1. The number of benzene rings is 3. The van der Waals surface area contributed by atoms with E-state index in [0.29, 0.717) is 0 Å². The van der Waals surface area contributed by atoms with Gasteiger partial charge in [-0.05, 0) is 36.4 Å². The zero-order valence-electron chi connectivity index (χ0n) is 21.5. The predicted octanol–water partition coefficient (Wildman–Crippen LogP) is 2.74. The van der Waals surface area contributed by atoms with E-state index < -0.39 is 60.3 Å². The van der Waals surface area contributed by atoms with Gasteiger partial charge in [0.2, 0.25) is 0 Å². The van der Waals surface area contributed by atoms with Gasteiger partial charge in [0.1, 0.15) is 12.7 Å². The SMILES string of the molecule is O=C(OC[C@H]1OC([15n]2ccc(=O)[15nH][13c]2=O)[C@H](OC(=O)c2ccccc2)C1OC(=O)c1ccccc1)c1ccccc1. The molecule has 0 saturated carbocycles. The van der Waals surface area contributed by atoms with Crippen LogP contribution in [-0.4, -0.2) is 52.4 Å².